The number of hydrogen-bond acceptors (Lipinski definition) is 0. The number of hydrogen-bond donors (Lipinski definition) is 0. The minimum Gasteiger partial charge on any atom is -1.00 e. The molecule has 0 amide bonds. The van der Waals surface area contributed by atoms with Gasteiger partial charge in [0.25, 0.3) is 0 Å². The Labute approximate surface area is 135 Å². The van der Waals surface area contributed by atoms with Gasteiger partial charge in [-0.05, 0) is 25.0 Å². The SMILES string of the molecule is Fc1ccc2cc(C3CCCCCC3)[s+](C(F)(F)F)c2c1.[Cl-]. The van der Waals surface area contributed by atoms with E-state index in [4.69, 9.17) is 0 Å². The van der Waals surface area contributed by atoms with Crippen molar-refractivity contribution in [1.82, 2.24) is 0 Å². The molecule has 1 unspecified atom stereocenters. The van der Waals surface area contributed by atoms with E-state index in [0.717, 1.165) is 44.6 Å². The summed E-state index contributed by atoms with van der Waals surface area (Å²) < 4.78 is 54.1. The van der Waals surface area contributed by atoms with Crippen LogP contribution in [-0.4, -0.2) is 0 Å². The molecular formula is C16H17ClF4S. The van der Waals surface area contributed by atoms with E-state index in [2.05, 4.69) is 0 Å². The van der Waals surface area contributed by atoms with Crippen molar-refractivity contribution in [3.05, 3.63) is 35.0 Å². The first-order valence-electron chi connectivity index (χ1n) is 7.29. The van der Waals surface area contributed by atoms with Crippen LogP contribution >= 0.6 is 10.5 Å². The molecule has 0 saturated heterocycles. The van der Waals surface area contributed by atoms with Crippen molar-refractivity contribution in [2.75, 3.05) is 0 Å². The molecule has 1 fully saturated rings. The summed E-state index contributed by atoms with van der Waals surface area (Å²) in [5, 5.41) is 0.538. The van der Waals surface area contributed by atoms with Crippen LogP contribution in [0.2, 0.25) is 0 Å². The molecule has 1 aliphatic rings. The number of thiophene rings is 1. The maximum Gasteiger partial charge on any atom is 0.600 e. The van der Waals surface area contributed by atoms with Gasteiger partial charge in [0.2, 0.25) is 0 Å². The summed E-state index contributed by atoms with van der Waals surface area (Å²) in [6, 6.07) is 5.44. The molecule has 1 saturated carbocycles. The summed E-state index contributed by atoms with van der Waals surface area (Å²) in [6.45, 7) is 0. The predicted molar refractivity (Wildman–Crippen MR) is 78.1 cm³/mol. The minimum absolute atomic E-state index is 0. The Morgan fingerprint density at radius 1 is 0.955 bits per heavy atom. The van der Waals surface area contributed by atoms with Gasteiger partial charge in [-0.25, -0.2) is 4.39 Å². The second-order valence-corrected chi connectivity index (χ2v) is 7.66. The molecule has 0 N–H and O–H groups in total. The Kier molecular flexibility index (Phi) is 5.38. The van der Waals surface area contributed by atoms with Gasteiger partial charge in [-0.3, -0.25) is 0 Å². The van der Waals surface area contributed by atoms with Crippen molar-refractivity contribution in [3.63, 3.8) is 0 Å². The molecule has 1 atom stereocenters. The Balaban J connectivity index is 0.00000176. The highest BCUT2D eigenvalue weighted by atomic mass is 35.5. The van der Waals surface area contributed by atoms with E-state index in [9.17, 15) is 17.6 Å². The highest BCUT2D eigenvalue weighted by molar-refractivity contribution is 7.38. The number of rotatable bonds is 1. The van der Waals surface area contributed by atoms with Gasteiger partial charge in [0.15, 0.2) is 9.58 Å². The van der Waals surface area contributed by atoms with Gasteiger partial charge in [0, 0.05) is 23.4 Å². The largest absolute Gasteiger partial charge is 1.00 e. The molecule has 3 rings (SSSR count). The van der Waals surface area contributed by atoms with Crippen molar-refractivity contribution < 1.29 is 30.0 Å². The first-order valence-corrected chi connectivity index (χ1v) is 8.51. The second kappa shape index (κ2) is 6.75. The van der Waals surface area contributed by atoms with Crippen LogP contribution in [0.15, 0.2) is 24.3 Å². The van der Waals surface area contributed by atoms with Gasteiger partial charge in [0.05, 0.1) is 10.5 Å². The molecule has 0 spiro atoms. The quantitative estimate of drug-likeness (QED) is 0.417. The Hall–Kier alpha value is -0.810. The molecule has 1 heterocycles. The highest BCUT2D eigenvalue weighted by Gasteiger charge is 2.49. The topological polar surface area (TPSA) is 0 Å². The number of alkyl halides is 3. The van der Waals surface area contributed by atoms with E-state index in [0.29, 0.717) is 10.3 Å². The van der Waals surface area contributed by atoms with Crippen molar-refractivity contribution in [1.29, 1.82) is 0 Å². The first-order chi connectivity index (χ1) is 9.97. The fraction of sp³-hybridized carbons (Fsp3) is 0.500. The van der Waals surface area contributed by atoms with Gasteiger partial charge in [-0.1, -0.05) is 25.7 Å². The second-order valence-electron chi connectivity index (χ2n) is 5.67. The lowest BCUT2D eigenvalue weighted by atomic mass is 9.98. The van der Waals surface area contributed by atoms with E-state index in [1.165, 1.54) is 12.1 Å². The first kappa shape index (κ1) is 17.5. The van der Waals surface area contributed by atoms with E-state index in [1.807, 2.05) is 0 Å². The molecule has 122 valence electrons. The predicted octanol–water partition coefficient (Wildman–Crippen LogP) is 3.65. The summed E-state index contributed by atoms with van der Waals surface area (Å²) in [4.78, 5) is 0.477. The van der Waals surface area contributed by atoms with Crippen LogP contribution in [0, 0.1) is 5.82 Å². The van der Waals surface area contributed by atoms with Crippen molar-refractivity contribution in [2.24, 2.45) is 0 Å². The molecule has 1 aromatic heterocycles. The molecule has 0 aliphatic heterocycles. The van der Waals surface area contributed by atoms with E-state index in [1.54, 1.807) is 6.07 Å². The zero-order chi connectivity index (χ0) is 15.0. The van der Waals surface area contributed by atoms with Crippen LogP contribution in [0.25, 0.3) is 10.1 Å². The average molecular weight is 353 g/mol. The van der Waals surface area contributed by atoms with Gasteiger partial charge in [0.1, 0.15) is 5.82 Å². The number of benzene rings is 1. The van der Waals surface area contributed by atoms with Crippen molar-refractivity contribution in [3.8, 4) is 0 Å². The molecule has 0 radical (unpaired) electrons. The Morgan fingerprint density at radius 2 is 1.59 bits per heavy atom. The lowest BCUT2D eigenvalue weighted by Crippen LogP contribution is -3.00. The van der Waals surface area contributed by atoms with Crippen LogP contribution in [0.3, 0.4) is 0 Å². The van der Waals surface area contributed by atoms with Gasteiger partial charge < -0.3 is 12.4 Å². The van der Waals surface area contributed by atoms with Crippen LogP contribution in [0.1, 0.15) is 49.3 Å². The molecule has 1 aromatic carbocycles. The molecule has 2 aromatic rings. The van der Waals surface area contributed by atoms with Crippen LogP contribution < -0.4 is 12.4 Å². The van der Waals surface area contributed by atoms with E-state index in [-0.39, 0.29) is 23.0 Å². The van der Waals surface area contributed by atoms with Crippen molar-refractivity contribution >= 4 is 20.6 Å². The molecular weight excluding hydrogens is 336 g/mol. The fourth-order valence-corrected chi connectivity index (χ4v) is 5.43. The summed E-state index contributed by atoms with van der Waals surface area (Å²) in [6.07, 6.45) is 5.82. The maximum absolute atomic E-state index is 13.5. The van der Waals surface area contributed by atoms with Crippen LogP contribution in [0.5, 0.6) is 0 Å². The lowest BCUT2D eigenvalue weighted by molar-refractivity contribution is -0.0868. The zero-order valence-corrected chi connectivity index (χ0v) is 13.5. The maximum atomic E-state index is 13.5. The van der Waals surface area contributed by atoms with E-state index < -0.39 is 21.8 Å². The summed E-state index contributed by atoms with van der Waals surface area (Å²) in [7, 11) is -1.95. The van der Waals surface area contributed by atoms with Crippen LogP contribution in [0.4, 0.5) is 17.6 Å². The van der Waals surface area contributed by atoms with Gasteiger partial charge >= 0.3 is 5.51 Å². The highest BCUT2D eigenvalue weighted by Crippen LogP contribution is 2.54. The third-order valence-electron chi connectivity index (χ3n) is 4.22. The average Bonchev–Trinajstić information content (AvgIpc) is 2.59. The summed E-state index contributed by atoms with van der Waals surface area (Å²) in [5.41, 5.74) is -4.32. The Bertz CT molecular complexity index is 639. The van der Waals surface area contributed by atoms with Gasteiger partial charge in [-0.2, -0.15) is 0 Å². The molecule has 22 heavy (non-hydrogen) atoms. The zero-order valence-electron chi connectivity index (χ0n) is 11.9. The van der Waals surface area contributed by atoms with Crippen molar-refractivity contribution in [2.45, 2.75) is 50.0 Å². The third-order valence-corrected chi connectivity index (χ3v) is 6.40. The summed E-state index contributed by atoms with van der Waals surface area (Å²) in [5.74, 6) is -0.598. The lowest BCUT2D eigenvalue weighted by Gasteiger charge is -2.10. The monoisotopic (exact) mass is 352 g/mol. The molecule has 0 bridgehead atoms. The fourth-order valence-electron chi connectivity index (χ4n) is 3.25. The molecule has 1 aliphatic carbocycles. The van der Waals surface area contributed by atoms with Crippen LogP contribution in [-0.2, 0) is 5.51 Å². The third kappa shape index (κ3) is 3.40. The number of fused-ring (bicyclic) bond motifs is 1. The number of halogens is 5. The normalized spacial score (nSPS) is 18.1. The summed E-state index contributed by atoms with van der Waals surface area (Å²) >= 11 is 0. The van der Waals surface area contributed by atoms with Gasteiger partial charge in [-0.15, -0.1) is 13.2 Å². The minimum atomic E-state index is -4.32. The molecule has 0 nitrogen and oxygen atoms in total. The standard InChI is InChI=1S/C16H17F4S.ClH/c17-13-8-7-12-9-14(11-5-3-1-2-4-6-11)21(15(12)10-13)16(18,19)20;/h7-11H,1-6H2;1H/q+1;/p-1. The molecule has 6 heteroatoms. The van der Waals surface area contributed by atoms with E-state index >= 15 is 0 Å². The Morgan fingerprint density at radius 3 is 2.18 bits per heavy atom. The smallest absolute Gasteiger partial charge is 0.600 e.